The molecule has 1 aromatic rings. The van der Waals surface area contributed by atoms with Crippen molar-refractivity contribution >= 4 is 11.6 Å². The zero-order valence-corrected chi connectivity index (χ0v) is 8.79. The van der Waals surface area contributed by atoms with Crippen LogP contribution in [0.4, 0.5) is 5.69 Å². The average Bonchev–Trinajstić information content (AvgIpc) is 2.17. The molecule has 0 bridgehead atoms. The van der Waals surface area contributed by atoms with Gasteiger partial charge < -0.3 is 10.6 Å². The average molecular weight is 192 g/mol. The summed E-state index contributed by atoms with van der Waals surface area (Å²) in [5.74, 6) is -0.0265. The van der Waals surface area contributed by atoms with E-state index in [9.17, 15) is 4.79 Å². The molecule has 1 aromatic carbocycles. The maximum atomic E-state index is 11.5. The third kappa shape index (κ3) is 2.49. The number of amides is 1. The Morgan fingerprint density at radius 1 is 1.21 bits per heavy atom. The van der Waals surface area contributed by atoms with Crippen LogP contribution in [-0.4, -0.2) is 18.5 Å². The van der Waals surface area contributed by atoms with Gasteiger partial charge in [0.15, 0.2) is 0 Å². The summed E-state index contributed by atoms with van der Waals surface area (Å²) in [4.78, 5) is 11.5. The zero-order chi connectivity index (χ0) is 10.6. The van der Waals surface area contributed by atoms with E-state index in [0.29, 0.717) is 0 Å². The van der Waals surface area contributed by atoms with Crippen LogP contribution in [0.5, 0.6) is 0 Å². The van der Waals surface area contributed by atoms with Gasteiger partial charge in [-0.1, -0.05) is 18.2 Å². The van der Waals surface area contributed by atoms with Gasteiger partial charge in [0.25, 0.3) is 0 Å². The normalized spacial score (nSPS) is 10.8. The fourth-order valence-electron chi connectivity index (χ4n) is 1.25. The molecule has 3 heteroatoms. The van der Waals surface area contributed by atoms with Crippen molar-refractivity contribution in [3.8, 4) is 0 Å². The van der Waals surface area contributed by atoms with Gasteiger partial charge in [-0.15, -0.1) is 0 Å². The molecular formula is C11H16N2O. The summed E-state index contributed by atoms with van der Waals surface area (Å²) in [5.41, 5.74) is 0.358. The van der Waals surface area contributed by atoms with Crippen LogP contribution in [0.25, 0.3) is 0 Å². The Morgan fingerprint density at radius 3 is 2.29 bits per heavy atom. The highest BCUT2D eigenvalue weighted by molar-refractivity contribution is 5.88. The summed E-state index contributed by atoms with van der Waals surface area (Å²) in [5, 5.41) is 5.78. The second kappa shape index (κ2) is 4.13. The van der Waals surface area contributed by atoms with Gasteiger partial charge in [-0.2, -0.15) is 0 Å². The number of likely N-dealkylation sites (N-methyl/N-ethyl adjacent to an activating group) is 1. The lowest BCUT2D eigenvalue weighted by Gasteiger charge is -2.25. The lowest BCUT2D eigenvalue weighted by atomic mass is 10.0. The smallest absolute Gasteiger partial charge is 0.244 e. The van der Waals surface area contributed by atoms with Crippen molar-refractivity contribution in [3.05, 3.63) is 30.3 Å². The van der Waals surface area contributed by atoms with E-state index in [1.54, 1.807) is 7.05 Å². The van der Waals surface area contributed by atoms with Crippen molar-refractivity contribution in [3.63, 3.8) is 0 Å². The molecule has 0 aliphatic rings. The Hall–Kier alpha value is -1.51. The molecule has 14 heavy (non-hydrogen) atoms. The van der Waals surface area contributed by atoms with Gasteiger partial charge in [0, 0.05) is 12.7 Å². The molecular weight excluding hydrogens is 176 g/mol. The summed E-state index contributed by atoms with van der Waals surface area (Å²) in [6.45, 7) is 3.69. The van der Waals surface area contributed by atoms with Gasteiger partial charge in [0.05, 0.1) is 0 Å². The van der Waals surface area contributed by atoms with Gasteiger partial charge in [0.2, 0.25) is 5.91 Å². The van der Waals surface area contributed by atoms with Crippen molar-refractivity contribution in [1.29, 1.82) is 0 Å². The Kier molecular flexibility index (Phi) is 3.12. The quantitative estimate of drug-likeness (QED) is 0.764. The molecule has 0 aliphatic carbocycles. The van der Waals surface area contributed by atoms with Crippen LogP contribution in [0.1, 0.15) is 13.8 Å². The minimum absolute atomic E-state index is 0.0265. The minimum Gasteiger partial charge on any atom is -0.372 e. The Morgan fingerprint density at radius 2 is 1.79 bits per heavy atom. The van der Waals surface area contributed by atoms with Crippen LogP contribution in [0.2, 0.25) is 0 Å². The number of rotatable bonds is 3. The predicted octanol–water partition coefficient (Wildman–Crippen LogP) is 1.62. The Balaban J connectivity index is 2.73. The number of para-hydroxylation sites is 1. The highest BCUT2D eigenvalue weighted by Gasteiger charge is 2.25. The zero-order valence-electron chi connectivity index (χ0n) is 8.79. The molecule has 76 valence electrons. The molecule has 3 nitrogen and oxygen atoms in total. The van der Waals surface area contributed by atoms with Crippen LogP contribution in [0.3, 0.4) is 0 Å². The van der Waals surface area contributed by atoms with E-state index in [4.69, 9.17) is 0 Å². The lowest BCUT2D eigenvalue weighted by molar-refractivity contribution is -0.123. The molecule has 0 heterocycles. The first-order valence-electron chi connectivity index (χ1n) is 4.61. The molecule has 0 fully saturated rings. The third-order valence-electron chi connectivity index (χ3n) is 2.03. The van der Waals surface area contributed by atoms with E-state index in [0.717, 1.165) is 5.69 Å². The topological polar surface area (TPSA) is 41.1 Å². The molecule has 0 radical (unpaired) electrons. The van der Waals surface area contributed by atoms with E-state index >= 15 is 0 Å². The first-order valence-corrected chi connectivity index (χ1v) is 4.61. The van der Waals surface area contributed by atoms with Gasteiger partial charge in [-0.25, -0.2) is 0 Å². The maximum Gasteiger partial charge on any atom is 0.244 e. The highest BCUT2D eigenvalue weighted by Crippen LogP contribution is 2.14. The van der Waals surface area contributed by atoms with Crippen LogP contribution < -0.4 is 10.6 Å². The summed E-state index contributed by atoms with van der Waals surface area (Å²) in [6.07, 6.45) is 0. The molecule has 1 rings (SSSR count). The molecule has 0 saturated heterocycles. The fourth-order valence-corrected chi connectivity index (χ4v) is 1.25. The molecule has 1 amide bonds. The molecule has 0 aliphatic heterocycles. The van der Waals surface area contributed by atoms with Gasteiger partial charge >= 0.3 is 0 Å². The summed E-state index contributed by atoms with van der Waals surface area (Å²) in [7, 11) is 1.64. The minimum atomic E-state index is -0.587. The Bertz CT molecular complexity index is 306. The van der Waals surface area contributed by atoms with Crippen LogP contribution in [-0.2, 0) is 4.79 Å². The van der Waals surface area contributed by atoms with Gasteiger partial charge in [-0.3, -0.25) is 4.79 Å². The molecule has 0 atom stereocenters. The molecule has 2 N–H and O–H groups in total. The Labute approximate surface area is 84.5 Å². The first kappa shape index (κ1) is 10.6. The third-order valence-corrected chi connectivity index (χ3v) is 2.03. The van der Waals surface area contributed by atoms with Crippen molar-refractivity contribution < 1.29 is 4.79 Å². The second-order valence-electron chi connectivity index (χ2n) is 3.70. The molecule has 0 spiro atoms. The summed E-state index contributed by atoms with van der Waals surface area (Å²) < 4.78 is 0. The van der Waals surface area contributed by atoms with Crippen molar-refractivity contribution in [1.82, 2.24) is 5.32 Å². The van der Waals surface area contributed by atoms with Crippen molar-refractivity contribution in [2.75, 3.05) is 12.4 Å². The van der Waals surface area contributed by atoms with Gasteiger partial charge in [0.1, 0.15) is 5.54 Å². The first-order chi connectivity index (χ1) is 6.56. The lowest BCUT2D eigenvalue weighted by Crippen LogP contribution is -2.46. The number of anilines is 1. The monoisotopic (exact) mass is 192 g/mol. The van der Waals surface area contributed by atoms with Crippen LogP contribution in [0, 0.1) is 0 Å². The maximum absolute atomic E-state index is 11.5. The number of nitrogens with one attached hydrogen (secondary N) is 2. The number of hydrogen-bond donors (Lipinski definition) is 2. The van der Waals surface area contributed by atoms with E-state index in [1.807, 2.05) is 44.2 Å². The standard InChI is InChI=1S/C11H16N2O/c1-11(2,10(14)12-3)13-9-7-5-4-6-8-9/h4-8,13H,1-3H3,(H,12,14). The molecule has 0 saturated carbocycles. The summed E-state index contributed by atoms with van der Waals surface area (Å²) >= 11 is 0. The number of hydrogen-bond acceptors (Lipinski definition) is 2. The molecule has 0 unspecified atom stereocenters. The van der Waals surface area contributed by atoms with E-state index in [2.05, 4.69) is 10.6 Å². The van der Waals surface area contributed by atoms with E-state index in [-0.39, 0.29) is 5.91 Å². The van der Waals surface area contributed by atoms with Crippen LogP contribution >= 0.6 is 0 Å². The van der Waals surface area contributed by atoms with Crippen molar-refractivity contribution in [2.24, 2.45) is 0 Å². The van der Waals surface area contributed by atoms with E-state index < -0.39 is 5.54 Å². The summed E-state index contributed by atoms with van der Waals surface area (Å²) in [6, 6.07) is 9.68. The largest absolute Gasteiger partial charge is 0.372 e. The second-order valence-corrected chi connectivity index (χ2v) is 3.70. The van der Waals surface area contributed by atoms with E-state index in [1.165, 1.54) is 0 Å². The van der Waals surface area contributed by atoms with Crippen molar-refractivity contribution in [2.45, 2.75) is 19.4 Å². The fraction of sp³-hybridized carbons (Fsp3) is 0.364. The highest BCUT2D eigenvalue weighted by atomic mass is 16.2. The van der Waals surface area contributed by atoms with Gasteiger partial charge in [-0.05, 0) is 26.0 Å². The number of carbonyl (C=O) groups excluding carboxylic acids is 1. The SMILES string of the molecule is CNC(=O)C(C)(C)Nc1ccccc1. The number of carbonyl (C=O) groups is 1. The predicted molar refractivity (Wildman–Crippen MR) is 58.2 cm³/mol. The molecule has 0 aromatic heterocycles. The van der Waals surface area contributed by atoms with Crippen LogP contribution in [0.15, 0.2) is 30.3 Å². The number of benzene rings is 1.